The molecule has 4 aromatic rings. The van der Waals surface area contributed by atoms with Gasteiger partial charge < -0.3 is 10.1 Å². The molecule has 3 aromatic carbocycles. The Morgan fingerprint density at radius 3 is 2.62 bits per heavy atom. The Hall–Kier alpha value is -4.65. The van der Waals surface area contributed by atoms with Gasteiger partial charge in [-0.25, -0.2) is 14.5 Å². The zero-order chi connectivity index (χ0) is 31.7. The van der Waals surface area contributed by atoms with Crippen LogP contribution < -0.4 is 15.0 Å². The second-order valence-electron chi connectivity index (χ2n) is 11.1. The Bertz CT molecular complexity index is 1770. The number of hydrogen-bond donors (Lipinski definition) is 1. The van der Waals surface area contributed by atoms with Crippen molar-refractivity contribution in [1.29, 1.82) is 0 Å². The second kappa shape index (κ2) is 12.4. The van der Waals surface area contributed by atoms with Gasteiger partial charge in [-0.15, -0.1) is 18.3 Å². The fourth-order valence-electron chi connectivity index (χ4n) is 5.49. The summed E-state index contributed by atoms with van der Waals surface area (Å²) in [6.45, 7) is 4.12. The third-order valence-electron chi connectivity index (χ3n) is 7.61. The Balaban J connectivity index is 1.11. The Morgan fingerprint density at radius 1 is 1.09 bits per heavy atom. The molecular formula is C32H29F3N6O3S. The van der Waals surface area contributed by atoms with Gasteiger partial charge in [0, 0.05) is 11.6 Å². The summed E-state index contributed by atoms with van der Waals surface area (Å²) in [4.78, 5) is 36.0. The highest BCUT2D eigenvalue weighted by molar-refractivity contribution is 8.15. The number of thioether (sulfide) groups is 1. The molecule has 3 amide bonds. The van der Waals surface area contributed by atoms with Crippen molar-refractivity contribution >= 4 is 34.6 Å². The van der Waals surface area contributed by atoms with E-state index in [1.54, 1.807) is 4.90 Å². The molecule has 0 bridgehead atoms. The molecular weight excluding hydrogens is 605 g/mol. The molecule has 0 radical (unpaired) electrons. The molecule has 1 aliphatic heterocycles. The first-order valence-corrected chi connectivity index (χ1v) is 15.4. The van der Waals surface area contributed by atoms with Gasteiger partial charge in [-0.1, -0.05) is 55.9 Å². The van der Waals surface area contributed by atoms with Crippen molar-refractivity contribution < 1.29 is 27.5 Å². The molecule has 0 saturated carbocycles. The van der Waals surface area contributed by atoms with E-state index >= 15 is 0 Å². The zero-order valence-electron chi connectivity index (χ0n) is 24.4. The molecule has 2 aliphatic rings. The van der Waals surface area contributed by atoms with Crippen LogP contribution in [0.25, 0.3) is 17.1 Å². The highest BCUT2D eigenvalue weighted by Crippen LogP contribution is 2.33. The summed E-state index contributed by atoms with van der Waals surface area (Å²) in [5.74, 6) is 0.492. The number of carbonyl (C=O) groups excluding carboxylic acids is 2. The van der Waals surface area contributed by atoms with Crippen LogP contribution in [0, 0.1) is 0 Å². The maximum Gasteiger partial charge on any atom is 0.573 e. The SMILES string of the molecule is CC(C)c1ccccc1N1C(=O)CS/C1=N\C(=O)NC1CCc2cc(-c3ncn(-c4ccc(OC(F)(F)F)cc4)n3)ccc2C1. The van der Waals surface area contributed by atoms with Gasteiger partial charge in [0.2, 0.25) is 5.91 Å². The van der Waals surface area contributed by atoms with E-state index in [2.05, 4.69) is 39.0 Å². The number of halogens is 3. The highest BCUT2D eigenvalue weighted by atomic mass is 32.2. The van der Waals surface area contributed by atoms with E-state index in [-0.39, 0.29) is 29.4 Å². The molecule has 45 heavy (non-hydrogen) atoms. The van der Waals surface area contributed by atoms with Gasteiger partial charge in [0.1, 0.15) is 12.1 Å². The smallest absolute Gasteiger partial charge is 0.406 e. The topological polar surface area (TPSA) is 102 Å². The van der Waals surface area contributed by atoms with Crippen molar-refractivity contribution in [3.05, 3.63) is 89.7 Å². The van der Waals surface area contributed by atoms with Gasteiger partial charge in [0.15, 0.2) is 11.0 Å². The predicted molar refractivity (Wildman–Crippen MR) is 166 cm³/mol. The van der Waals surface area contributed by atoms with Crippen molar-refractivity contribution in [3.63, 3.8) is 0 Å². The number of alkyl halides is 3. The second-order valence-corrected chi connectivity index (χ2v) is 12.0. The monoisotopic (exact) mass is 634 g/mol. The lowest BCUT2D eigenvalue weighted by Gasteiger charge is -2.25. The number of rotatable bonds is 6. The minimum absolute atomic E-state index is 0.102. The van der Waals surface area contributed by atoms with Crippen LogP contribution in [0.2, 0.25) is 0 Å². The Labute approximate surface area is 261 Å². The number of fused-ring (bicyclic) bond motifs is 1. The molecule has 1 aliphatic carbocycles. The summed E-state index contributed by atoms with van der Waals surface area (Å²) in [5.41, 5.74) is 5.34. The first-order chi connectivity index (χ1) is 21.5. The van der Waals surface area contributed by atoms with Crippen molar-refractivity contribution in [2.45, 2.75) is 51.4 Å². The van der Waals surface area contributed by atoms with Crippen LogP contribution in [-0.2, 0) is 17.6 Å². The molecule has 1 fully saturated rings. The standard InChI is InChI=1S/C32H29F3N6O3S/c1-19(2)26-5-3-4-6-27(26)41-28(42)17-45-31(41)38-30(43)37-23-10-9-20-15-22(8-7-21(20)16-23)29-36-18-40(39-29)24-11-13-25(14-12-24)44-32(33,34)35/h3-8,11-15,18-19,23H,9-10,16-17H2,1-2H3,(H,37,43)/b38-31-. The Morgan fingerprint density at radius 2 is 1.87 bits per heavy atom. The van der Waals surface area contributed by atoms with E-state index in [0.717, 1.165) is 34.4 Å². The summed E-state index contributed by atoms with van der Waals surface area (Å²) < 4.78 is 42.8. The van der Waals surface area contributed by atoms with Gasteiger partial charge in [-0.05, 0) is 78.3 Å². The highest BCUT2D eigenvalue weighted by Gasteiger charge is 2.33. The molecule has 2 heterocycles. The van der Waals surface area contributed by atoms with Crippen LogP contribution in [0.4, 0.5) is 23.7 Å². The molecule has 1 saturated heterocycles. The third kappa shape index (κ3) is 6.88. The molecule has 0 spiro atoms. The number of ether oxygens (including phenoxy) is 1. The van der Waals surface area contributed by atoms with Gasteiger partial charge in [-0.3, -0.25) is 9.69 Å². The minimum atomic E-state index is -4.76. The number of aromatic nitrogens is 3. The molecule has 232 valence electrons. The number of hydrogen-bond acceptors (Lipinski definition) is 6. The minimum Gasteiger partial charge on any atom is -0.406 e. The lowest BCUT2D eigenvalue weighted by molar-refractivity contribution is -0.274. The van der Waals surface area contributed by atoms with Gasteiger partial charge in [0.25, 0.3) is 0 Å². The number of amidine groups is 1. The van der Waals surface area contributed by atoms with Crippen LogP contribution in [-0.4, -0.2) is 50.0 Å². The lowest BCUT2D eigenvalue weighted by atomic mass is 9.87. The number of carbonyl (C=O) groups is 2. The van der Waals surface area contributed by atoms with E-state index in [1.165, 1.54) is 47.0 Å². The van der Waals surface area contributed by atoms with Crippen LogP contribution >= 0.6 is 11.8 Å². The average Bonchev–Trinajstić information content (AvgIpc) is 3.63. The number of para-hydroxylation sites is 1. The van der Waals surface area contributed by atoms with Crippen molar-refractivity contribution in [2.24, 2.45) is 4.99 Å². The van der Waals surface area contributed by atoms with Crippen molar-refractivity contribution in [2.75, 3.05) is 10.7 Å². The van der Waals surface area contributed by atoms with Crippen LogP contribution in [0.15, 0.2) is 78.0 Å². The molecule has 6 rings (SSSR count). The first-order valence-electron chi connectivity index (χ1n) is 14.4. The average molecular weight is 635 g/mol. The van der Waals surface area contributed by atoms with Gasteiger partial charge >= 0.3 is 12.4 Å². The van der Waals surface area contributed by atoms with E-state index in [1.807, 2.05) is 42.5 Å². The number of benzene rings is 3. The fraction of sp³-hybridized carbons (Fsp3) is 0.281. The molecule has 1 unspecified atom stereocenters. The summed E-state index contributed by atoms with van der Waals surface area (Å²) in [7, 11) is 0. The summed E-state index contributed by atoms with van der Waals surface area (Å²) in [5, 5.41) is 7.89. The molecule has 9 nitrogen and oxygen atoms in total. The largest absolute Gasteiger partial charge is 0.573 e. The molecule has 13 heteroatoms. The van der Waals surface area contributed by atoms with E-state index < -0.39 is 12.4 Å². The normalized spacial score (nSPS) is 17.6. The van der Waals surface area contributed by atoms with Crippen molar-refractivity contribution in [1.82, 2.24) is 20.1 Å². The number of nitrogens with zero attached hydrogens (tertiary/aromatic N) is 5. The quantitative estimate of drug-likeness (QED) is 0.255. The predicted octanol–water partition coefficient (Wildman–Crippen LogP) is 6.66. The third-order valence-corrected chi connectivity index (χ3v) is 8.53. The van der Waals surface area contributed by atoms with Crippen molar-refractivity contribution in [3.8, 4) is 22.8 Å². The first kappa shape index (κ1) is 30.4. The summed E-state index contributed by atoms with van der Waals surface area (Å²) in [6.07, 6.45) is -1.18. The number of aliphatic imine (C=N–C) groups is 1. The molecule has 1 aromatic heterocycles. The fourth-order valence-corrected chi connectivity index (χ4v) is 6.35. The van der Waals surface area contributed by atoms with Crippen LogP contribution in [0.5, 0.6) is 5.75 Å². The van der Waals surface area contributed by atoms with E-state index in [0.29, 0.717) is 29.5 Å². The van der Waals surface area contributed by atoms with E-state index in [4.69, 9.17) is 0 Å². The number of aryl methyl sites for hydroxylation is 1. The maximum atomic E-state index is 13.0. The van der Waals surface area contributed by atoms with Gasteiger partial charge in [-0.2, -0.15) is 4.99 Å². The number of nitrogens with one attached hydrogen (secondary N) is 1. The lowest BCUT2D eigenvalue weighted by Crippen LogP contribution is -2.38. The number of amides is 3. The number of anilines is 1. The van der Waals surface area contributed by atoms with E-state index in [9.17, 15) is 22.8 Å². The maximum absolute atomic E-state index is 13.0. The Kier molecular flexibility index (Phi) is 8.36. The zero-order valence-corrected chi connectivity index (χ0v) is 25.2. The summed E-state index contributed by atoms with van der Waals surface area (Å²) in [6, 6.07) is 18.4. The number of urea groups is 1. The molecule has 1 atom stereocenters. The van der Waals surface area contributed by atoms with Crippen LogP contribution in [0.1, 0.15) is 42.9 Å². The summed E-state index contributed by atoms with van der Waals surface area (Å²) >= 11 is 1.26. The van der Waals surface area contributed by atoms with Crippen LogP contribution in [0.3, 0.4) is 0 Å². The van der Waals surface area contributed by atoms with Gasteiger partial charge in [0.05, 0.1) is 17.1 Å². The molecule has 1 N–H and O–H groups in total.